The summed E-state index contributed by atoms with van der Waals surface area (Å²) in [5, 5.41) is 2.35. The predicted octanol–water partition coefficient (Wildman–Crippen LogP) is 3.92. The van der Waals surface area contributed by atoms with Crippen LogP contribution in [0.2, 0.25) is 0 Å². The van der Waals surface area contributed by atoms with E-state index in [9.17, 15) is 0 Å². The number of thiophene rings is 1. The van der Waals surface area contributed by atoms with Gasteiger partial charge < -0.3 is 4.74 Å². The van der Waals surface area contributed by atoms with Crippen LogP contribution in [0.4, 0.5) is 0 Å². The molecule has 2 aromatic rings. The number of benzene rings is 1. The van der Waals surface area contributed by atoms with Gasteiger partial charge in [-0.25, -0.2) is 0 Å². The minimum Gasteiger partial charge on any atom is -0.371 e. The van der Waals surface area contributed by atoms with E-state index in [4.69, 9.17) is 4.74 Å². The summed E-state index contributed by atoms with van der Waals surface area (Å²) in [5.41, 5.74) is 2.79. The molecule has 2 saturated heterocycles. The van der Waals surface area contributed by atoms with E-state index < -0.39 is 0 Å². The van der Waals surface area contributed by atoms with E-state index in [-0.39, 0.29) is 6.10 Å². The summed E-state index contributed by atoms with van der Waals surface area (Å²) < 4.78 is 5.98. The molecule has 0 amide bonds. The molecule has 2 aliphatic heterocycles. The molecule has 24 heavy (non-hydrogen) atoms. The number of hydrogen-bond acceptors (Lipinski definition) is 4. The first-order valence-electron chi connectivity index (χ1n) is 9.04. The van der Waals surface area contributed by atoms with Gasteiger partial charge >= 0.3 is 0 Å². The van der Waals surface area contributed by atoms with E-state index >= 15 is 0 Å². The van der Waals surface area contributed by atoms with Crippen molar-refractivity contribution in [1.82, 2.24) is 9.80 Å². The molecule has 2 aliphatic rings. The molecule has 0 N–H and O–H groups in total. The van der Waals surface area contributed by atoms with E-state index in [1.54, 1.807) is 0 Å². The zero-order valence-corrected chi connectivity index (χ0v) is 15.0. The Morgan fingerprint density at radius 3 is 2.67 bits per heavy atom. The molecule has 0 saturated carbocycles. The average molecular weight is 343 g/mol. The van der Waals surface area contributed by atoms with Crippen LogP contribution in [0, 0.1) is 0 Å². The van der Waals surface area contributed by atoms with Crippen LogP contribution in [-0.4, -0.2) is 42.6 Å². The quantitative estimate of drug-likeness (QED) is 0.819. The van der Waals surface area contributed by atoms with Crippen molar-refractivity contribution < 1.29 is 4.74 Å². The van der Waals surface area contributed by atoms with Crippen molar-refractivity contribution in [2.75, 3.05) is 32.8 Å². The van der Waals surface area contributed by atoms with Crippen molar-refractivity contribution in [1.29, 1.82) is 0 Å². The van der Waals surface area contributed by atoms with Crippen LogP contribution in [0.3, 0.4) is 0 Å². The zero-order chi connectivity index (χ0) is 16.2. The summed E-state index contributed by atoms with van der Waals surface area (Å²) in [6, 6.07) is 13.0. The highest BCUT2D eigenvalue weighted by atomic mass is 32.1. The first-order chi connectivity index (χ1) is 11.9. The number of rotatable bonds is 5. The molecule has 4 heteroatoms. The van der Waals surface area contributed by atoms with Crippen molar-refractivity contribution in [2.24, 2.45) is 0 Å². The van der Waals surface area contributed by atoms with Crippen LogP contribution in [0.25, 0.3) is 0 Å². The first kappa shape index (κ1) is 16.3. The molecule has 1 atom stereocenters. The summed E-state index contributed by atoms with van der Waals surface area (Å²) in [6.45, 7) is 7.57. The van der Waals surface area contributed by atoms with Gasteiger partial charge in [-0.05, 0) is 48.5 Å². The number of hydrogen-bond donors (Lipinski definition) is 0. The lowest BCUT2D eigenvalue weighted by Gasteiger charge is -2.32. The van der Waals surface area contributed by atoms with E-state index in [0.717, 1.165) is 32.8 Å². The third-order valence-electron chi connectivity index (χ3n) is 5.01. The molecule has 1 aromatic carbocycles. The van der Waals surface area contributed by atoms with Crippen molar-refractivity contribution in [2.45, 2.75) is 32.0 Å². The number of nitrogens with zero attached hydrogens (tertiary/aromatic N) is 2. The van der Waals surface area contributed by atoms with Gasteiger partial charge in [0.2, 0.25) is 0 Å². The lowest BCUT2D eigenvalue weighted by Crippen LogP contribution is -2.37. The van der Waals surface area contributed by atoms with Gasteiger partial charge in [-0.2, -0.15) is 0 Å². The molecular formula is C20H26N2OS. The zero-order valence-electron chi connectivity index (χ0n) is 14.2. The Balaban J connectivity index is 1.34. The Labute approximate surface area is 148 Å². The highest BCUT2D eigenvalue weighted by Crippen LogP contribution is 2.25. The van der Waals surface area contributed by atoms with Crippen molar-refractivity contribution >= 4 is 11.3 Å². The van der Waals surface area contributed by atoms with Gasteiger partial charge in [0.15, 0.2) is 0 Å². The maximum atomic E-state index is 5.98. The van der Waals surface area contributed by atoms with Crippen molar-refractivity contribution in [3.8, 4) is 0 Å². The second-order valence-corrected chi connectivity index (χ2v) is 7.91. The molecule has 0 radical (unpaired) electrons. The van der Waals surface area contributed by atoms with Crippen molar-refractivity contribution in [3.63, 3.8) is 0 Å². The highest BCUT2D eigenvalue weighted by Gasteiger charge is 2.22. The van der Waals surface area contributed by atoms with Crippen LogP contribution in [-0.2, 0) is 17.8 Å². The summed E-state index contributed by atoms with van der Waals surface area (Å²) in [7, 11) is 0. The average Bonchev–Trinajstić information content (AvgIpc) is 3.29. The number of morpholine rings is 1. The molecule has 3 heterocycles. The summed E-state index contributed by atoms with van der Waals surface area (Å²) in [5.74, 6) is 0. The summed E-state index contributed by atoms with van der Waals surface area (Å²) in [6.07, 6.45) is 2.95. The van der Waals surface area contributed by atoms with Gasteiger partial charge in [-0.15, -0.1) is 11.3 Å². The number of likely N-dealkylation sites (tertiary alicyclic amines) is 1. The fourth-order valence-electron chi connectivity index (χ4n) is 3.73. The molecule has 0 spiro atoms. The van der Waals surface area contributed by atoms with Crippen LogP contribution < -0.4 is 0 Å². The van der Waals surface area contributed by atoms with E-state index in [1.807, 2.05) is 11.3 Å². The SMILES string of the molecule is c1ccc([C@@H]2CN(Cc3cc(CN4CCCC4)cs3)CCO2)cc1. The predicted molar refractivity (Wildman–Crippen MR) is 99.2 cm³/mol. The molecule has 0 aliphatic carbocycles. The lowest BCUT2D eigenvalue weighted by molar-refractivity contribution is -0.0326. The normalized spacial score (nSPS) is 22.9. The molecule has 1 aromatic heterocycles. The minimum absolute atomic E-state index is 0.212. The van der Waals surface area contributed by atoms with E-state index in [2.05, 4.69) is 51.6 Å². The Kier molecular flexibility index (Phi) is 5.28. The third-order valence-corrected chi connectivity index (χ3v) is 5.98. The first-order valence-corrected chi connectivity index (χ1v) is 9.92. The van der Waals surface area contributed by atoms with Crippen LogP contribution >= 0.6 is 11.3 Å². The monoisotopic (exact) mass is 342 g/mol. The lowest BCUT2D eigenvalue weighted by atomic mass is 10.1. The fourth-order valence-corrected chi connectivity index (χ4v) is 4.65. The van der Waals surface area contributed by atoms with Crippen LogP contribution in [0.15, 0.2) is 41.8 Å². The molecule has 4 rings (SSSR count). The van der Waals surface area contributed by atoms with Gasteiger partial charge in [0.25, 0.3) is 0 Å². The smallest absolute Gasteiger partial charge is 0.0952 e. The van der Waals surface area contributed by atoms with E-state index in [0.29, 0.717) is 0 Å². The molecular weight excluding hydrogens is 316 g/mol. The standard InChI is InChI=1S/C20H26N2OS/c1-2-6-18(7-3-1)20-15-22(10-11-23-20)14-19-12-17(16-24-19)13-21-8-4-5-9-21/h1-3,6-7,12,16,20H,4-5,8-11,13-15H2/t20-/m0/s1. The molecule has 0 unspecified atom stereocenters. The van der Waals surface area contributed by atoms with Gasteiger partial charge in [-0.1, -0.05) is 30.3 Å². The van der Waals surface area contributed by atoms with Crippen molar-refractivity contribution in [3.05, 3.63) is 57.8 Å². The second-order valence-electron chi connectivity index (χ2n) is 6.91. The van der Waals surface area contributed by atoms with Gasteiger partial charge in [0.1, 0.15) is 0 Å². The summed E-state index contributed by atoms with van der Waals surface area (Å²) >= 11 is 1.91. The maximum Gasteiger partial charge on any atom is 0.0952 e. The van der Waals surface area contributed by atoms with Gasteiger partial charge in [-0.3, -0.25) is 9.80 Å². The molecule has 128 valence electrons. The van der Waals surface area contributed by atoms with Gasteiger partial charge in [0, 0.05) is 31.1 Å². The Bertz CT molecular complexity index is 636. The number of ether oxygens (including phenoxy) is 1. The molecule has 2 fully saturated rings. The third kappa shape index (κ3) is 4.06. The molecule has 3 nitrogen and oxygen atoms in total. The largest absolute Gasteiger partial charge is 0.371 e. The van der Waals surface area contributed by atoms with Crippen LogP contribution in [0.5, 0.6) is 0 Å². The maximum absolute atomic E-state index is 5.98. The van der Waals surface area contributed by atoms with Crippen LogP contribution in [0.1, 0.15) is 34.9 Å². The Morgan fingerprint density at radius 2 is 1.83 bits per heavy atom. The topological polar surface area (TPSA) is 15.7 Å². The molecule has 0 bridgehead atoms. The second kappa shape index (κ2) is 7.79. The van der Waals surface area contributed by atoms with E-state index in [1.165, 1.54) is 41.9 Å². The Morgan fingerprint density at radius 1 is 1.00 bits per heavy atom. The Hall–Kier alpha value is -1.20. The fraction of sp³-hybridized carbons (Fsp3) is 0.500. The summed E-state index contributed by atoms with van der Waals surface area (Å²) in [4.78, 5) is 6.59. The highest BCUT2D eigenvalue weighted by molar-refractivity contribution is 7.10. The minimum atomic E-state index is 0.212. The van der Waals surface area contributed by atoms with Gasteiger partial charge in [0.05, 0.1) is 12.7 Å².